The minimum Gasteiger partial charge on any atom is -0.490 e. The quantitative estimate of drug-likeness (QED) is 0.302. The fourth-order valence-electron chi connectivity index (χ4n) is 2.84. The molecule has 150 valence electrons. The van der Waals surface area contributed by atoms with Crippen LogP contribution in [-0.2, 0) is 9.53 Å². The summed E-state index contributed by atoms with van der Waals surface area (Å²) in [6, 6.07) is 24.0. The molecule has 0 spiro atoms. The molecule has 0 aromatic heterocycles. The number of halogens is 1. The zero-order valence-electron chi connectivity index (χ0n) is 16.0. The molecule has 0 saturated carbocycles. The number of carbonyl (C=O) groups excluding carboxylic acids is 1. The highest BCUT2D eigenvalue weighted by Crippen LogP contribution is 2.23. The number of benzene rings is 3. The first kappa shape index (κ1) is 19.7. The number of hydrogen-bond acceptors (Lipinski definition) is 5. The lowest BCUT2D eigenvalue weighted by molar-refractivity contribution is -0.129. The topological polar surface area (TPSA) is 57.1 Å². The van der Waals surface area contributed by atoms with Crippen LogP contribution in [0.4, 0.5) is 0 Å². The zero-order valence-corrected chi connectivity index (χ0v) is 16.7. The molecule has 0 N–H and O–H groups in total. The van der Waals surface area contributed by atoms with Crippen LogP contribution in [0.2, 0.25) is 5.02 Å². The van der Waals surface area contributed by atoms with E-state index in [1.54, 1.807) is 18.2 Å². The maximum Gasteiger partial charge on any atom is 0.363 e. The van der Waals surface area contributed by atoms with Gasteiger partial charge in [0.2, 0.25) is 5.90 Å². The number of hydrogen-bond donors (Lipinski definition) is 0. The van der Waals surface area contributed by atoms with Crippen LogP contribution in [0.15, 0.2) is 89.6 Å². The fourth-order valence-corrected chi connectivity index (χ4v) is 3.03. The molecule has 0 atom stereocenters. The smallest absolute Gasteiger partial charge is 0.363 e. The van der Waals surface area contributed by atoms with Crippen LogP contribution < -0.4 is 9.47 Å². The third-order valence-electron chi connectivity index (χ3n) is 4.25. The highest BCUT2D eigenvalue weighted by atomic mass is 35.5. The molecule has 0 radical (unpaired) electrons. The van der Waals surface area contributed by atoms with Crippen molar-refractivity contribution in [1.29, 1.82) is 0 Å². The Morgan fingerprint density at radius 3 is 2.50 bits per heavy atom. The minimum absolute atomic E-state index is 0.244. The summed E-state index contributed by atoms with van der Waals surface area (Å²) < 4.78 is 16.6. The van der Waals surface area contributed by atoms with Gasteiger partial charge in [-0.05, 0) is 48.0 Å². The van der Waals surface area contributed by atoms with E-state index in [1.807, 2.05) is 66.7 Å². The van der Waals surface area contributed by atoms with Crippen molar-refractivity contribution in [2.24, 2.45) is 4.99 Å². The standard InChI is InChI=1S/C24H18ClNO4/c25-20-11-4-5-12-22(20)29-14-13-28-19-10-6-7-17(15-19)16-21-24(27)30-23(26-21)18-8-2-1-3-9-18/h1-12,15-16H,13-14H2. The largest absolute Gasteiger partial charge is 0.490 e. The Hall–Kier alpha value is -3.57. The summed E-state index contributed by atoms with van der Waals surface area (Å²) in [4.78, 5) is 16.5. The molecular formula is C24H18ClNO4. The minimum atomic E-state index is -0.478. The van der Waals surface area contributed by atoms with E-state index in [0.29, 0.717) is 35.6 Å². The maximum absolute atomic E-state index is 12.2. The first-order chi connectivity index (χ1) is 14.7. The number of para-hydroxylation sites is 1. The van der Waals surface area contributed by atoms with E-state index in [0.717, 1.165) is 11.1 Å². The van der Waals surface area contributed by atoms with Gasteiger partial charge in [0.05, 0.1) is 5.02 Å². The highest BCUT2D eigenvalue weighted by Gasteiger charge is 2.23. The second kappa shape index (κ2) is 9.29. The summed E-state index contributed by atoms with van der Waals surface area (Å²) in [5.41, 5.74) is 1.78. The molecule has 1 heterocycles. The summed E-state index contributed by atoms with van der Waals surface area (Å²) in [6.45, 7) is 0.704. The van der Waals surface area contributed by atoms with Gasteiger partial charge >= 0.3 is 5.97 Å². The first-order valence-corrected chi connectivity index (χ1v) is 9.75. The molecule has 3 aromatic carbocycles. The number of ether oxygens (including phenoxy) is 3. The Labute approximate surface area is 179 Å². The monoisotopic (exact) mass is 419 g/mol. The number of carbonyl (C=O) groups is 1. The number of esters is 1. The maximum atomic E-state index is 12.2. The van der Waals surface area contributed by atoms with Gasteiger partial charge in [-0.1, -0.05) is 54.1 Å². The van der Waals surface area contributed by atoms with Crippen LogP contribution in [0.3, 0.4) is 0 Å². The summed E-state index contributed by atoms with van der Waals surface area (Å²) in [5, 5.41) is 0.560. The molecule has 0 bridgehead atoms. The molecule has 0 fully saturated rings. The van der Waals surface area contributed by atoms with Crippen LogP contribution >= 0.6 is 11.6 Å². The van der Waals surface area contributed by atoms with Gasteiger partial charge in [0, 0.05) is 5.56 Å². The van der Waals surface area contributed by atoms with Gasteiger partial charge < -0.3 is 14.2 Å². The van der Waals surface area contributed by atoms with Gasteiger partial charge in [0.1, 0.15) is 24.7 Å². The molecule has 1 aliphatic rings. The molecule has 6 heteroatoms. The number of rotatable bonds is 7. The van der Waals surface area contributed by atoms with Crippen molar-refractivity contribution in [3.05, 3.63) is 101 Å². The Bertz CT molecular complexity index is 1110. The molecule has 0 amide bonds. The molecule has 4 rings (SSSR count). The van der Waals surface area contributed by atoms with E-state index in [1.165, 1.54) is 0 Å². The SMILES string of the molecule is O=C1OC(c2ccccc2)=NC1=Cc1cccc(OCCOc2ccccc2Cl)c1. The molecule has 0 saturated heterocycles. The van der Waals surface area contributed by atoms with Gasteiger partial charge in [-0.3, -0.25) is 0 Å². The lowest BCUT2D eigenvalue weighted by atomic mass is 10.2. The van der Waals surface area contributed by atoms with E-state index in [-0.39, 0.29) is 5.70 Å². The average Bonchev–Trinajstić information content (AvgIpc) is 3.13. The third kappa shape index (κ3) is 4.88. The van der Waals surface area contributed by atoms with E-state index in [2.05, 4.69) is 4.99 Å². The fraction of sp³-hybridized carbons (Fsp3) is 0.0833. The van der Waals surface area contributed by atoms with Crippen LogP contribution in [0.5, 0.6) is 11.5 Å². The van der Waals surface area contributed by atoms with Crippen LogP contribution in [-0.4, -0.2) is 25.1 Å². The number of aliphatic imine (C=N–C) groups is 1. The predicted octanol–water partition coefficient (Wildman–Crippen LogP) is 5.14. The lowest BCUT2D eigenvalue weighted by Crippen LogP contribution is -2.09. The van der Waals surface area contributed by atoms with Crippen molar-refractivity contribution >= 4 is 29.5 Å². The number of nitrogens with zero attached hydrogens (tertiary/aromatic N) is 1. The van der Waals surface area contributed by atoms with Crippen LogP contribution in [0.1, 0.15) is 11.1 Å². The van der Waals surface area contributed by atoms with Crippen LogP contribution in [0.25, 0.3) is 6.08 Å². The van der Waals surface area contributed by atoms with E-state index < -0.39 is 5.97 Å². The van der Waals surface area contributed by atoms with Crippen molar-refractivity contribution < 1.29 is 19.0 Å². The van der Waals surface area contributed by atoms with Gasteiger partial charge in [-0.2, -0.15) is 0 Å². The Morgan fingerprint density at radius 2 is 1.67 bits per heavy atom. The van der Waals surface area contributed by atoms with E-state index in [4.69, 9.17) is 25.8 Å². The molecular weight excluding hydrogens is 402 g/mol. The Kier molecular flexibility index (Phi) is 6.11. The van der Waals surface area contributed by atoms with Gasteiger partial charge in [-0.15, -0.1) is 0 Å². The van der Waals surface area contributed by atoms with Crippen LogP contribution in [0, 0.1) is 0 Å². The molecule has 3 aromatic rings. The predicted molar refractivity (Wildman–Crippen MR) is 116 cm³/mol. The van der Waals surface area contributed by atoms with Crippen molar-refractivity contribution in [1.82, 2.24) is 0 Å². The van der Waals surface area contributed by atoms with E-state index in [9.17, 15) is 4.79 Å². The van der Waals surface area contributed by atoms with Crippen molar-refractivity contribution in [2.45, 2.75) is 0 Å². The second-order valence-electron chi connectivity index (χ2n) is 6.40. The van der Waals surface area contributed by atoms with E-state index >= 15 is 0 Å². The zero-order chi connectivity index (χ0) is 20.8. The summed E-state index contributed by atoms with van der Waals surface area (Å²) >= 11 is 6.06. The molecule has 30 heavy (non-hydrogen) atoms. The Morgan fingerprint density at radius 1 is 0.900 bits per heavy atom. The van der Waals surface area contributed by atoms with Crippen molar-refractivity contribution in [2.75, 3.05) is 13.2 Å². The Balaban J connectivity index is 1.39. The molecule has 0 aliphatic carbocycles. The normalized spacial score (nSPS) is 14.4. The van der Waals surface area contributed by atoms with Gasteiger partial charge in [-0.25, -0.2) is 9.79 Å². The van der Waals surface area contributed by atoms with Crippen molar-refractivity contribution in [3.8, 4) is 11.5 Å². The molecule has 1 aliphatic heterocycles. The van der Waals surface area contributed by atoms with Gasteiger partial charge in [0.15, 0.2) is 5.70 Å². The summed E-state index contributed by atoms with van der Waals surface area (Å²) in [5.74, 6) is 1.10. The molecule has 0 unspecified atom stereocenters. The average molecular weight is 420 g/mol. The highest BCUT2D eigenvalue weighted by molar-refractivity contribution is 6.32. The van der Waals surface area contributed by atoms with Crippen molar-refractivity contribution in [3.63, 3.8) is 0 Å². The van der Waals surface area contributed by atoms with Gasteiger partial charge in [0.25, 0.3) is 0 Å². The first-order valence-electron chi connectivity index (χ1n) is 9.37. The lowest BCUT2D eigenvalue weighted by Gasteiger charge is -2.09. The molecule has 5 nitrogen and oxygen atoms in total. The number of cyclic esters (lactones) is 1. The second-order valence-corrected chi connectivity index (χ2v) is 6.81. The summed E-state index contributed by atoms with van der Waals surface area (Å²) in [6.07, 6.45) is 1.67. The summed E-state index contributed by atoms with van der Waals surface area (Å²) in [7, 11) is 0. The third-order valence-corrected chi connectivity index (χ3v) is 4.56.